The molecule has 1 saturated heterocycles. The number of rotatable bonds is 11. The third kappa shape index (κ3) is 7.29. The number of methoxy groups -OCH3 is 1. The molecule has 36 heavy (non-hydrogen) atoms. The van der Waals surface area contributed by atoms with Crippen molar-refractivity contribution in [1.29, 1.82) is 0 Å². The van der Waals surface area contributed by atoms with E-state index in [-0.39, 0.29) is 11.9 Å². The molecule has 2 aromatic rings. The molecular formula is C28H40N4O4. The first-order valence-electron chi connectivity index (χ1n) is 12.9. The lowest BCUT2D eigenvalue weighted by molar-refractivity contribution is 0.0772. The van der Waals surface area contributed by atoms with Crippen LogP contribution in [0.3, 0.4) is 0 Å². The van der Waals surface area contributed by atoms with Crippen molar-refractivity contribution in [1.82, 2.24) is 14.7 Å². The molecule has 0 radical (unpaired) electrons. The van der Waals surface area contributed by atoms with Crippen LogP contribution in [0.2, 0.25) is 0 Å². The van der Waals surface area contributed by atoms with E-state index in [2.05, 4.69) is 33.3 Å². The van der Waals surface area contributed by atoms with Crippen LogP contribution in [0.4, 0.5) is 10.5 Å². The lowest BCUT2D eigenvalue weighted by atomic mass is 9.95. The van der Waals surface area contributed by atoms with Gasteiger partial charge in [0.25, 0.3) is 5.91 Å². The summed E-state index contributed by atoms with van der Waals surface area (Å²) in [4.78, 5) is 31.5. The van der Waals surface area contributed by atoms with Gasteiger partial charge in [0.15, 0.2) is 0 Å². The molecule has 1 heterocycles. The molecule has 8 nitrogen and oxygen atoms in total. The number of benzene rings is 2. The molecule has 8 heteroatoms. The molecule has 0 aliphatic carbocycles. The van der Waals surface area contributed by atoms with E-state index in [1.54, 1.807) is 14.0 Å². The summed E-state index contributed by atoms with van der Waals surface area (Å²) >= 11 is 0. The number of hydrogen-bond donors (Lipinski definition) is 1. The van der Waals surface area contributed by atoms with Gasteiger partial charge in [-0.15, -0.1) is 0 Å². The highest BCUT2D eigenvalue weighted by Crippen LogP contribution is 2.31. The number of anilines is 1. The first-order chi connectivity index (χ1) is 17.5. The van der Waals surface area contributed by atoms with Crippen LogP contribution < -0.4 is 5.32 Å². The molecule has 0 bridgehead atoms. The maximum absolute atomic E-state index is 12.8. The molecule has 196 valence electrons. The van der Waals surface area contributed by atoms with Gasteiger partial charge in [-0.2, -0.15) is 0 Å². The van der Waals surface area contributed by atoms with Crippen molar-refractivity contribution in [2.24, 2.45) is 0 Å². The van der Waals surface area contributed by atoms with Gasteiger partial charge in [-0.05, 0) is 56.2 Å². The van der Waals surface area contributed by atoms with Crippen LogP contribution in [-0.4, -0.2) is 92.8 Å². The van der Waals surface area contributed by atoms with Crippen LogP contribution in [0.15, 0.2) is 48.5 Å². The minimum absolute atomic E-state index is 0.00359. The molecule has 0 spiro atoms. The standard InChI is InChI=1S/C28H40N4O4/c1-5-31(6-2)27(33)23-13-11-22(12-14-23)26(32-17-15-30(16-18-32)19-20-35-4)24-9-8-10-25(21-24)29-28(34)36-7-3/h8-14,21,26H,5-7,15-20H2,1-4H3,(H,29,34). The Morgan fingerprint density at radius 1 is 0.972 bits per heavy atom. The number of ether oxygens (including phenoxy) is 2. The molecule has 1 fully saturated rings. The van der Waals surface area contributed by atoms with Gasteiger partial charge in [-0.25, -0.2) is 4.79 Å². The van der Waals surface area contributed by atoms with Crippen LogP contribution >= 0.6 is 0 Å². The smallest absolute Gasteiger partial charge is 0.411 e. The predicted molar refractivity (Wildman–Crippen MR) is 143 cm³/mol. The van der Waals surface area contributed by atoms with Crippen LogP contribution in [0, 0.1) is 0 Å². The van der Waals surface area contributed by atoms with Crippen LogP contribution in [-0.2, 0) is 9.47 Å². The zero-order chi connectivity index (χ0) is 25.9. The molecule has 1 aliphatic rings. The Labute approximate surface area is 215 Å². The third-order valence-electron chi connectivity index (χ3n) is 6.63. The molecular weight excluding hydrogens is 456 g/mol. The van der Waals surface area contributed by atoms with E-state index in [1.807, 2.05) is 49.1 Å². The highest BCUT2D eigenvalue weighted by Gasteiger charge is 2.27. The molecule has 1 atom stereocenters. The van der Waals surface area contributed by atoms with Crippen molar-refractivity contribution in [2.45, 2.75) is 26.8 Å². The van der Waals surface area contributed by atoms with Gasteiger partial charge < -0.3 is 14.4 Å². The number of piperazine rings is 1. The van der Waals surface area contributed by atoms with E-state index in [0.29, 0.717) is 30.9 Å². The van der Waals surface area contributed by atoms with E-state index < -0.39 is 6.09 Å². The highest BCUT2D eigenvalue weighted by molar-refractivity contribution is 5.94. The van der Waals surface area contributed by atoms with Crippen LogP contribution in [0.1, 0.15) is 48.3 Å². The first-order valence-corrected chi connectivity index (χ1v) is 12.9. The average molecular weight is 497 g/mol. The summed E-state index contributed by atoms with van der Waals surface area (Å²) < 4.78 is 10.3. The highest BCUT2D eigenvalue weighted by atomic mass is 16.5. The number of nitrogens with zero attached hydrogens (tertiary/aromatic N) is 3. The zero-order valence-electron chi connectivity index (χ0n) is 22.0. The summed E-state index contributed by atoms with van der Waals surface area (Å²) in [6, 6.07) is 15.9. The van der Waals surface area contributed by atoms with E-state index in [0.717, 1.165) is 50.5 Å². The van der Waals surface area contributed by atoms with Gasteiger partial charge in [0.05, 0.1) is 19.3 Å². The Morgan fingerprint density at radius 3 is 2.28 bits per heavy atom. The lowest BCUT2D eigenvalue weighted by Gasteiger charge is -2.40. The normalized spacial score (nSPS) is 15.3. The largest absolute Gasteiger partial charge is 0.450 e. The van der Waals surface area contributed by atoms with Gasteiger partial charge in [-0.1, -0.05) is 24.3 Å². The van der Waals surface area contributed by atoms with Gasteiger partial charge in [0.2, 0.25) is 0 Å². The number of carbonyl (C=O) groups is 2. The number of amides is 2. The topological polar surface area (TPSA) is 74.4 Å². The number of carbonyl (C=O) groups excluding carboxylic acids is 2. The fourth-order valence-corrected chi connectivity index (χ4v) is 4.65. The molecule has 1 aliphatic heterocycles. The van der Waals surface area contributed by atoms with Crippen molar-refractivity contribution in [3.8, 4) is 0 Å². The van der Waals surface area contributed by atoms with Crippen molar-refractivity contribution < 1.29 is 19.1 Å². The minimum atomic E-state index is -0.461. The van der Waals surface area contributed by atoms with Crippen molar-refractivity contribution in [3.63, 3.8) is 0 Å². The van der Waals surface area contributed by atoms with E-state index in [1.165, 1.54) is 0 Å². The van der Waals surface area contributed by atoms with Crippen molar-refractivity contribution >= 4 is 17.7 Å². The Kier molecular flexibility index (Phi) is 10.7. The quantitative estimate of drug-likeness (QED) is 0.505. The molecule has 0 aromatic heterocycles. The van der Waals surface area contributed by atoms with Crippen molar-refractivity contribution in [2.75, 3.05) is 71.5 Å². The fourth-order valence-electron chi connectivity index (χ4n) is 4.65. The SMILES string of the molecule is CCOC(=O)Nc1cccc(C(c2ccc(C(=O)N(CC)CC)cc2)N2CCN(CCOC)CC2)c1. The molecule has 0 saturated carbocycles. The number of nitrogens with one attached hydrogen (secondary N) is 1. The maximum Gasteiger partial charge on any atom is 0.411 e. The second-order valence-electron chi connectivity index (χ2n) is 8.84. The van der Waals surface area contributed by atoms with Crippen molar-refractivity contribution in [3.05, 3.63) is 65.2 Å². The van der Waals surface area contributed by atoms with E-state index in [4.69, 9.17) is 9.47 Å². The Morgan fingerprint density at radius 2 is 1.67 bits per heavy atom. The third-order valence-corrected chi connectivity index (χ3v) is 6.63. The minimum Gasteiger partial charge on any atom is -0.450 e. The van der Waals surface area contributed by atoms with Gasteiger partial charge in [0.1, 0.15) is 0 Å². The summed E-state index contributed by atoms with van der Waals surface area (Å²) in [5, 5.41) is 2.82. The molecule has 3 rings (SSSR count). The second kappa shape index (κ2) is 14.0. The zero-order valence-corrected chi connectivity index (χ0v) is 22.0. The van der Waals surface area contributed by atoms with E-state index in [9.17, 15) is 9.59 Å². The number of hydrogen-bond acceptors (Lipinski definition) is 6. The predicted octanol–water partition coefficient (Wildman–Crippen LogP) is 4.09. The monoisotopic (exact) mass is 496 g/mol. The first kappa shape index (κ1) is 27.6. The Balaban J connectivity index is 1.88. The van der Waals surface area contributed by atoms with Crippen LogP contribution in [0.25, 0.3) is 0 Å². The maximum atomic E-state index is 12.8. The van der Waals surface area contributed by atoms with Gasteiger partial charge in [-0.3, -0.25) is 19.9 Å². The Hall–Kier alpha value is -2.94. The average Bonchev–Trinajstić information content (AvgIpc) is 2.90. The molecule has 2 amide bonds. The van der Waals surface area contributed by atoms with Gasteiger partial charge in [0, 0.05) is 64.2 Å². The molecule has 2 aromatic carbocycles. The molecule has 1 N–H and O–H groups in total. The van der Waals surface area contributed by atoms with Gasteiger partial charge >= 0.3 is 6.09 Å². The summed E-state index contributed by atoms with van der Waals surface area (Å²) in [5.41, 5.74) is 3.59. The lowest BCUT2D eigenvalue weighted by Crippen LogP contribution is -2.48. The second-order valence-corrected chi connectivity index (χ2v) is 8.84. The summed E-state index contributed by atoms with van der Waals surface area (Å²) in [5.74, 6) is 0.0514. The summed E-state index contributed by atoms with van der Waals surface area (Å²) in [7, 11) is 1.73. The van der Waals surface area contributed by atoms with E-state index >= 15 is 0 Å². The molecule has 1 unspecified atom stereocenters. The summed E-state index contributed by atoms with van der Waals surface area (Å²) in [6.45, 7) is 12.9. The Bertz CT molecular complexity index is 970. The summed E-state index contributed by atoms with van der Waals surface area (Å²) in [6.07, 6.45) is -0.461. The fraction of sp³-hybridized carbons (Fsp3) is 0.500. The van der Waals surface area contributed by atoms with Crippen LogP contribution in [0.5, 0.6) is 0 Å².